The van der Waals surface area contributed by atoms with Crippen molar-refractivity contribution < 1.29 is 13.2 Å². The molecule has 1 rings (SSSR count). The summed E-state index contributed by atoms with van der Waals surface area (Å²) in [5.74, 6) is 0.242. The summed E-state index contributed by atoms with van der Waals surface area (Å²) in [7, 11) is -2.16. The van der Waals surface area contributed by atoms with Crippen LogP contribution in [0, 0.1) is 5.92 Å². The fraction of sp³-hybridized carbons (Fsp3) is 0.545. The maximum Gasteiger partial charge on any atom is 0.244 e. The third-order valence-electron chi connectivity index (χ3n) is 2.29. The fourth-order valence-corrected chi connectivity index (χ4v) is 2.08. The zero-order chi connectivity index (χ0) is 15.2. The number of amides is 1. The summed E-state index contributed by atoms with van der Waals surface area (Å²) in [6.45, 7) is 4.08. The molecule has 0 aliphatic rings. The van der Waals surface area contributed by atoms with E-state index in [0.717, 1.165) is 0 Å². The number of nitrogens with zero attached hydrogens (tertiary/aromatic N) is 2. The largest absolute Gasteiger partial charge is 0.357 e. The van der Waals surface area contributed by atoms with E-state index in [9.17, 15) is 13.2 Å². The van der Waals surface area contributed by atoms with Crippen molar-refractivity contribution >= 4 is 21.9 Å². The number of sulfonamides is 1. The van der Waals surface area contributed by atoms with Gasteiger partial charge in [0.15, 0.2) is 0 Å². The van der Waals surface area contributed by atoms with Crippen LogP contribution in [0.25, 0.3) is 0 Å². The highest BCUT2D eigenvalue weighted by molar-refractivity contribution is 7.89. The van der Waals surface area contributed by atoms with E-state index in [2.05, 4.69) is 25.3 Å². The van der Waals surface area contributed by atoms with Crippen LogP contribution in [0.2, 0.25) is 0 Å². The number of hydrogen-bond acceptors (Lipinski definition) is 6. The lowest BCUT2D eigenvalue weighted by Crippen LogP contribution is -2.38. The average molecular weight is 301 g/mol. The number of nitrogens with one attached hydrogen (secondary N) is 3. The van der Waals surface area contributed by atoms with E-state index < -0.39 is 10.0 Å². The Hall–Kier alpha value is -1.74. The highest BCUT2D eigenvalue weighted by atomic mass is 32.2. The van der Waals surface area contributed by atoms with Crippen molar-refractivity contribution in [3.8, 4) is 0 Å². The lowest BCUT2D eigenvalue weighted by Gasteiger charge is -2.09. The van der Waals surface area contributed by atoms with E-state index in [1.165, 1.54) is 12.4 Å². The predicted molar refractivity (Wildman–Crippen MR) is 74.6 cm³/mol. The molecular weight excluding hydrogens is 282 g/mol. The Labute approximate surface area is 118 Å². The summed E-state index contributed by atoms with van der Waals surface area (Å²) in [5.41, 5.74) is 0. The van der Waals surface area contributed by atoms with E-state index in [1.54, 1.807) is 7.05 Å². The molecule has 1 aromatic heterocycles. The first kappa shape index (κ1) is 16.3. The standard InChI is InChI=1S/C11H19N5O3S/c1-8(2)4-13-10(17)7-16-20(18,19)9-5-14-11(12-3)15-6-9/h5-6,8,16H,4,7H2,1-3H3,(H,13,17)(H,12,14,15). The maximum atomic E-state index is 11.9. The molecule has 112 valence electrons. The first-order valence-electron chi connectivity index (χ1n) is 6.11. The Kier molecular flexibility index (Phi) is 5.83. The van der Waals surface area contributed by atoms with Gasteiger partial charge >= 0.3 is 0 Å². The number of hydrogen-bond donors (Lipinski definition) is 3. The van der Waals surface area contributed by atoms with Gasteiger partial charge in [0.05, 0.1) is 18.9 Å². The van der Waals surface area contributed by atoms with Crippen molar-refractivity contribution in [2.24, 2.45) is 5.92 Å². The third kappa shape index (κ3) is 5.10. The van der Waals surface area contributed by atoms with Crippen molar-refractivity contribution in [3.63, 3.8) is 0 Å². The summed E-state index contributed by atoms with van der Waals surface area (Å²) < 4.78 is 26.0. The summed E-state index contributed by atoms with van der Waals surface area (Å²) in [6, 6.07) is 0. The molecule has 20 heavy (non-hydrogen) atoms. The molecule has 0 spiro atoms. The number of anilines is 1. The molecule has 9 heteroatoms. The number of rotatable bonds is 7. The van der Waals surface area contributed by atoms with Crippen LogP contribution in [-0.2, 0) is 14.8 Å². The van der Waals surface area contributed by atoms with E-state index in [4.69, 9.17) is 0 Å². The van der Waals surface area contributed by atoms with Crippen LogP contribution < -0.4 is 15.4 Å². The smallest absolute Gasteiger partial charge is 0.244 e. The van der Waals surface area contributed by atoms with Gasteiger partial charge in [-0.2, -0.15) is 0 Å². The molecule has 0 aliphatic heterocycles. The summed E-state index contributed by atoms with van der Waals surface area (Å²) in [6.07, 6.45) is 2.35. The third-order valence-corrected chi connectivity index (χ3v) is 3.65. The van der Waals surface area contributed by atoms with Gasteiger partial charge in [0.25, 0.3) is 0 Å². The van der Waals surface area contributed by atoms with E-state index >= 15 is 0 Å². The van der Waals surface area contributed by atoms with Crippen molar-refractivity contribution in [1.29, 1.82) is 0 Å². The topological polar surface area (TPSA) is 113 Å². The molecule has 1 heterocycles. The van der Waals surface area contributed by atoms with Gasteiger partial charge in [-0.3, -0.25) is 4.79 Å². The van der Waals surface area contributed by atoms with Crippen LogP contribution in [0.5, 0.6) is 0 Å². The predicted octanol–water partition coefficient (Wildman–Crippen LogP) is -0.431. The highest BCUT2D eigenvalue weighted by Crippen LogP contribution is 2.06. The molecule has 0 aromatic carbocycles. The summed E-state index contributed by atoms with van der Waals surface area (Å²) in [5, 5.41) is 5.30. The Bertz CT molecular complexity index is 542. The molecule has 0 saturated heterocycles. The Morgan fingerprint density at radius 2 is 1.90 bits per heavy atom. The van der Waals surface area contributed by atoms with E-state index in [0.29, 0.717) is 18.4 Å². The van der Waals surface area contributed by atoms with Crippen molar-refractivity contribution in [1.82, 2.24) is 20.0 Å². The number of aromatic nitrogens is 2. The average Bonchev–Trinajstić information content (AvgIpc) is 2.43. The Morgan fingerprint density at radius 1 is 1.30 bits per heavy atom. The van der Waals surface area contributed by atoms with Gasteiger partial charge in [-0.05, 0) is 5.92 Å². The quantitative estimate of drug-likeness (QED) is 0.630. The molecule has 1 aromatic rings. The van der Waals surface area contributed by atoms with Crippen LogP contribution in [0.15, 0.2) is 17.3 Å². The first-order chi connectivity index (χ1) is 9.35. The van der Waals surface area contributed by atoms with Crippen molar-refractivity contribution in [3.05, 3.63) is 12.4 Å². The van der Waals surface area contributed by atoms with Crippen molar-refractivity contribution in [2.45, 2.75) is 18.7 Å². The van der Waals surface area contributed by atoms with Gasteiger partial charge in [0.2, 0.25) is 21.9 Å². The minimum atomic E-state index is -3.78. The molecule has 8 nitrogen and oxygen atoms in total. The molecule has 3 N–H and O–H groups in total. The molecule has 0 radical (unpaired) electrons. The van der Waals surface area contributed by atoms with Crippen molar-refractivity contribution in [2.75, 3.05) is 25.5 Å². The molecule has 0 bridgehead atoms. The number of carbonyl (C=O) groups excluding carboxylic acids is 1. The Morgan fingerprint density at radius 3 is 2.40 bits per heavy atom. The molecular formula is C11H19N5O3S. The molecule has 0 fully saturated rings. The van der Waals surface area contributed by atoms with Gasteiger partial charge in [-0.25, -0.2) is 23.1 Å². The van der Waals surface area contributed by atoms with Crippen LogP contribution >= 0.6 is 0 Å². The Balaban J connectivity index is 2.58. The SMILES string of the molecule is CNc1ncc(S(=O)(=O)NCC(=O)NCC(C)C)cn1. The van der Waals surface area contributed by atoms with E-state index in [1.807, 2.05) is 13.8 Å². The minimum absolute atomic E-state index is 0.0897. The van der Waals surface area contributed by atoms with Gasteiger partial charge in [-0.15, -0.1) is 0 Å². The molecule has 0 atom stereocenters. The lowest BCUT2D eigenvalue weighted by molar-refractivity contribution is -0.120. The molecule has 0 unspecified atom stereocenters. The molecule has 0 saturated carbocycles. The second-order valence-electron chi connectivity index (χ2n) is 4.51. The second kappa shape index (κ2) is 7.15. The van der Waals surface area contributed by atoms with Crippen LogP contribution in [-0.4, -0.2) is 44.4 Å². The maximum absolute atomic E-state index is 11.9. The molecule has 0 aliphatic carbocycles. The number of carbonyl (C=O) groups is 1. The monoisotopic (exact) mass is 301 g/mol. The molecule has 1 amide bonds. The normalized spacial score (nSPS) is 11.4. The second-order valence-corrected chi connectivity index (χ2v) is 6.28. The highest BCUT2D eigenvalue weighted by Gasteiger charge is 2.16. The van der Waals surface area contributed by atoms with Crippen LogP contribution in [0.4, 0.5) is 5.95 Å². The summed E-state index contributed by atoms with van der Waals surface area (Å²) in [4.78, 5) is 19.0. The minimum Gasteiger partial charge on any atom is -0.357 e. The zero-order valence-electron chi connectivity index (χ0n) is 11.7. The summed E-state index contributed by atoms with van der Waals surface area (Å²) >= 11 is 0. The van der Waals surface area contributed by atoms with Crippen LogP contribution in [0.3, 0.4) is 0 Å². The van der Waals surface area contributed by atoms with Crippen LogP contribution in [0.1, 0.15) is 13.8 Å². The van der Waals surface area contributed by atoms with Gasteiger partial charge < -0.3 is 10.6 Å². The fourth-order valence-electron chi connectivity index (χ4n) is 1.21. The first-order valence-corrected chi connectivity index (χ1v) is 7.59. The van der Waals surface area contributed by atoms with Gasteiger partial charge in [0.1, 0.15) is 4.90 Å². The van der Waals surface area contributed by atoms with E-state index in [-0.39, 0.29) is 17.3 Å². The van der Waals surface area contributed by atoms with Gasteiger partial charge in [0, 0.05) is 13.6 Å². The lowest BCUT2D eigenvalue weighted by atomic mass is 10.2. The van der Waals surface area contributed by atoms with Gasteiger partial charge in [-0.1, -0.05) is 13.8 Å². The zero-order valence-corrected chi connectivity index (χ0v) is 12.5.